The van der Waals surface area contributed by atoms with Gasteiger partial charge in [-0.05, 0) is 46.7 Å². The molecule has 0 aromatic rings. The SMILES string of the molecule is CC(C)(C)OC(=O)O.NCCCOCCCN. The Morgan fingerprint density at radius 1 is 1.12 bits per heavy atom. The lowest BCUT2D eigenvalue weighted by Crippen LogP contribution is -2.22. The van der Waals surface area contributed by atoms with Gasteiger partial charge in [0.2, 0.25) is 0 Å². The van der Waals surface area contributed by atoms with E-state index in [4.69, 9.17) is 21.3 Å². The van der Waals surface area contributed by atoms with Gasteiger partial charge in [0.15, 0.2) is 0 Å². The molecule has 0 unspecified atom stereocenters. The molecule has 0 aliphatic heterocycles. The fourth-order valence-electron chi connectivity index (χ4n) is 0.735. The molecule has 0 amide bonds. The number of nitrogens with two attached hydrogens (primary N) is 2. The monoisotopic (exact) mass is 250 g/mol. The lowest BCUT2D eigenvalue weighted by atomic mass is 10.2. The molecule has 0 atom stereocenters. The van der Waals surface area contributed by atoms with Gasteiger partial charge in [-0.3, -0.25) is 0 Å². The highest BCUT2D eigenvalue weighted by Gasteiger charge is 2.13. The van der Waals surface area contributed by atoms with Gasteiger partial charge in [0, 0.05) is 13.2 Å². The van der Waals surface area contributed by atoms with Crippen molar-refractivity contribution in [2.24, 2.45) is 11.5 Å². The molecule has 0 rings (SSSR count). The van der Waals surface area contributed by atoms with Crippen molar-refractivity contribution >= 4 is 6.16 Å². The first-order chi connectivity index (χ1) is 7.83. The van der Waals surface area contributed by atoms with E-state index in [1.54, 1.807) is 20.8 Å². The Hall–Kier alpha value is -0.850. The van der Waals surface area contributed by atoms with Crippen molar-refractivity contribution in [3.63, 3.8) is 0 Å². The van der Waals surface area contributed by atoms with Crippen LogP contribution < -0.4 is 11.5 Å². The molecule has 0 saturated heterocycles. The van der Waals surface area contributed by atoms with Gasteiger partial charge < -0.3 is 26.0 Å². The van der Waals surface area contributed by atoms with E-state index in [1.807, 2.05) is 0 Å². The molecule has 0 aliphatic carbocycles. The minimum absolute atomic E-state index is 0.578. The Bertz CT molecular complexity index is 175. The first-order valence-corrected chi connectivity index (χ1v) is 5.73. The topological polar surface area (TPSA) is 108 Å². The third-order valence-electron chi connectivity index (χ3n) is 1.38. The highest BCUT2D eigenvalue weighted by atomic mass is 16.7. The first kappa shape index (κ1) is 18.5. The second-order valence-corrected chi connectivity index (χ2v) is 4.38. The molecule has 0 saturated carbocycles. The van der Waals surface area contributed by atoms with Crippen molar-refractivity contribution in [3.05, 3.63) is 0 Å². The van der Waals surface area contributed by atoms with Crippen LogP contribution in [0.4, 0.5) is 4.79 Å². The van der Waals surface area contributed by atoms with E-state index in [2.05, 4.69) is 4.74 Å². The van der Waals surface area contributed by atoms with Crippen LogP contribution in [0.3, 0.4) is 0 Å². The van der Waals surface area contributed by atoms with Gasteiger partial charge in [-0.15, -0.1) is 0 Å². The van der Waals surface area contributed by atoms with Crippen LogP contribution in [0, 0.1) is 0 Å². The summed E-state index contributed by atoms with van der Waals surface area (Å²) in [7, 11) is 0. The average molecular weight is 250 g/mol. The zero-order valence-corrected chi connectivity index (χ0v) is 11.1. The fourth-order valence-corrected chi connectivity index (χ4v) is 0.735. The van der Waals surface area contributed by atoms with E-state index in [0.29, 0.717) is 13.1 Å². The summed E-state index contributed by atoms with van der Waals surface area (Å²) < 4.78 is 9.51. The maximum absolute atomic E-state index is 9.79. The van der Waals surface area contributed by atoms with Crippen LogP contribution in [-0.2, 0) is 9.47 Å². The molecular weight excluding hydrogens is 224 g/mol. The Balaban J connectivity index is 0. The minimum Gasteiger partial charge on any atom is -0.450 e. The maximum atomic E-state index is 9.79. The van der Waals surface area contributed by atoms with Crippen LogP contribution in [0.15, 0.2) is 0 Å². The van der Waals surface area contributed by atoms with Gasteiger partial charge in [0.05, 0.1) is 0 Å². The Morgan fingerprint density at radius 3 is 1.71 bits per heavy atom. The van der Waals surface area contributed by atoms with Crippen molar-refractivity contribution in [3.8, 4) is 0 Å². The summed E-state index contributed by atoms with van der Waals surface area (Å²) in [5.74, 6) is 0. The summed E-state index contributed by atoms with van der Waals surface area (Å²) in [5.41, 5.74) is 9.90. The van der Waals surface area contributed by atoms with E-state index in [0.717, 1.165) is 26.1 Å². The summed E-state index contributed by atoms with van der Waals surface area (Å²) in [4.78, 5) is 9.79. The maximum Gasteiger partial charge on any atom is 0.506 e. The van der Waals surface area contributed by atoms with Crippen LogP contribution in [0.5, 0.6) is 0 Å². The third kappa shape index (κ3) is 25.4. The van der Waals surface area contributed by atoms with Crippen molar-refractivity contribution in [1.82, 2.24) is 0 Å². The number of carbonyl (C=O) groups is 1. The van der Waals surface area contributed by atoms with Gasteiger partial charge in [-0.25, -0.2) is 4.79 Å². The van der Waals surface area contributed by atoms with E-state index < -0.39 is 11.8 Å². The van der Waals surface area contributed by atoms with Crippen molar-refractivity contribution in [2.75, 3.05) is 26.3 Å². The molecule has 6 heteroatoms. The second kappa shape index (κ2) is 11.6. The molecule has 0 aromatic heterocycles. The van der Waals surface area contributed by atoms with Crippen LogP contribution in [0.25, 0.3) is 0 Å². The van der Waals surface area contributed by atoms with Crippen LogP contribution in [0.1, 0.15) is 33.6 Å². The van der Waals surface area contributed by atoms with Crippen molar-refractivity contribution < 1.29 is 19.4 Å². The zero-order valence-electron chi connectivity index (χ0n) is 11.1. The summed E-state index contributed by atoms with van der Waals surface area (Å²) in [6, 6.07) is 0. The molecule has 104 valence electrons. The lowest BCUT2D eigenvalue weighted by Gasteiger charge is -2.15. The Kier molecular flexibility index (Phi) is 12.7. The average Bonchev–Trinajstić information content (AvgIpc) is 2.15. The molecule has 17 heavy (non-hydrogen) atoms. The predicted molar refractivity (Wildman–Crippen MR) is 67.0 cm³/mol. The summed E-state index contributed by atoms with van der Waals surface area (Å²) >= 11 is 0. The number of carboxylic acid groups (broad SMARTS) is 1. The normalized spacial score (nSPS) is 10.4. The van der Waals surface area contributed by atoms with E-state index in [9.17, 15) is 4.79 Å². The molecule has 6 nitrogen and oxygen atoms in total. The van der Waals surface area contributed by atoms with Crippen molar-refractivity contribution in [1.29, 1.82) is 0 Å². The molecule has 0 spiro atoms. The van der Waals surface area contributed by atoms with Gasteiger partial charge >= 0.3 is 6.16 Å². The minimum atomic E-state index is -1.22. The van der Waals surface area contributed by atoms with Crippen LogP contribution in [-0.4, -0.2) is 43.2 Å². The number of hydrogen-bond acceptors (Lipinski definition) is 5. The third-order valence-corrected chi connectivity index (χ3v) is 1.38. The Labute approximate surface area is 103 Å². The molecule has 0 heterocycles. The predicted octanol–water partition coefficient (Wildman–Crippen LogP) is 1.18. The lowest BCUT2D eigenvalue weighted by molar-refractivity contribution is 0.0150. The zero-order chi connectivity index (χ0) is 13.7. The van der Waals surface area contributed by atoms with Crippen LogP contribution >= 0.6 is 0 Å². The number of hydrogen-bond donors (Lipinski definition) is 3. The molecular formula is C11H26N2O4. The number of ether oxygens (including phenoxy) is 2. The van der Waals surface area contributed by atoms with Gasteiger partial charge in [-0.1, -0.05) is 0 Å². The fraction of sp³-hybridized carbons (Fsp3) is 0.909. The highest BCUT2D eigenvalue weighted by molar-refractivity contribution is 5.57. The van der Waals surface area contributed by atoms with Gasteiger partial charge in [0.25, 0.3) is 0 Å². The molecule has 0 radical (unpaired) electrons. The quantitative estimate of drug-likeness (QED) is 0.482. The Morgan fingerprint density at radius 2 is 1.53 bits per heavy atom. The van der Waals surface area contributed by atoms with Crippen molar-refractivity contribution in [2.45, 2.75) is 39.2 Å². The standard InChI is InChI=1S/C6H16N2O.C5H10O3/c7-3-1-5-9-6-2-4-8;1-5(2,3)8-4(6)7/h1-8H2;1-3H3,(H,6,7). The summed E-state index contributed by atoms with van der Waals surface area (Å²) in [6.45, 7) is 8.02. The van der Waals surface area contributed by atoms with E-state index in [-0.39, 0.29) is 0 Å². The van der Waals surface area contributed by atoms with E-state index in [1.165, 1.54) is 0 Å². The largest absolute Gasteiger partial charge is 0.506 e. The smallest absolute Gasteiger partial charge is 0.450 e. The molecule has 0 fully saturated rings. The van der Waals surface area contributed by atoms with Gasteiger partial charge in [0.1, 0.15) is 5.60 Å². The number of rotatable bonds is 6. The first-order valence-electron chi connectivity index (χ1n) is 5.73. The van der Waals surface area contributed by atoms with Crippen LogP contribution in [0.2, 0.25) is 0 Å². The summed E-state index contributed by atoms with van der Waals surface area (Å²) in [5, 5.41) is 8.03. The molecule has 0 aliphatic rings. The summed E-state index contributed by atoms with van der Waals surface area (Å²) in [6.07, 6.45) is 0.673. The van der Waals surface area contributed by atoms with Gasteiger partial charge in [-0.2, -0.15) is 0 Å². The molecule has 0 bridgehead atoms. The molecule has 5 N–H and O–H groups in total. The highest BCUT2D eigenvalue weighted by Crippen LogP contribution is 2.05. The second-order valence-electron chi connectivity index (χ2n) is 4.38. The molecule has 0 aromatic carbocycles. The van der Waals surface area contributed by atoms with E-state index >= 15 is 0 Å².